The maximum atomic E-state index is 5.42. The first-order valence-corrected chi connectivity index (χ1v) is 2.73. The summed E-state index contributed by atoms with van der Waals surface area (Å²) in [4.78, 5) is 0. The van der Waals surface area contributed by atoms with Gasteiger partial charge >= 0.3 is 0 Å². The SMILES string of the molecule is CC(N)CCCN.Cl.Cl. The van der Waals surface area contributed by atoms with Gasteiger partial charge in [-0.25, -0.2) is 0 Å². The molecule has 0 rings (SSSR count). The summed E-state index contributed by atoms with van der Waals surface area (Å²) in [6.07, 6.45) is 2.11. The molecule has 0 aromatic heterocycles. The standard InChI is InChI=1S/C5H14N2.2ClH/c1-5(7)3-2-4-6;;/h5H,2-4,6-7H2,1H3;2*1H. The number of hydrogen-bond acceptors (Lipinski definition) is 2. The first-order valence-electron chi connectivity index (χ1n) is 2.73. The van der Waals surface area contributed by atoms with Crippen LogP contribution < -0.4 is 11.5 Å². The molecule has 0 fully saturated rings. The summed E-state index contributed by atoms with van der Waals surface area (Å²) in [6.45, 7) is 2.76. The van der Waals surface area contributed by atoms with Crippen molar-refractivity contribution < 1.29 is 0 Å². The topological polar surface area (TPSA) is 52.0 Å². The lowest BCUT2D eigenvalue weighted by molar-refractivity contribution is 0.631. The average Bonchev–Trinajstić information content (AvgIpc) is 1.61. The van der Waals surface area contributed by atoms with Crippen LogP contribution in [0.25, 0.3) is 0 Å². The lowest BCUT2D eigenvalue weighted by Crippen LogP contribution is -2.16. The van der Waals surface area contributed by atoms with Crippen molar-refractivity contribution >= 4 is 24.8 Å². The second-order valence-corrected chi connectivity index (χ2v) is 1.91. The van der Waals surface area contributed by atoms with Crippen molar-refractivity contribution in [2.45, 2.75) is 25.8 Å². The van der Waals surface area contributed by atoms with Gasteiger partial charge in [0.25, 0.3) is 0 Å². The van der Waals surface area contributed by atoms with Crippen molar-refractivity contribution in [2.24, 2.45) is 11.5 Å². The van der Waals surface area contributed by atoms with Crippen LogP contribution in [0.4, 0.5) is 0 Å². The molecule has 0 aliphatic carbocycles. The van der Waals surface area contributed by atoms with E-state index < -0.39 is 0 Å². The summed E-state index contributed by atoms with van der Waals surface area (Å²) in [5, 5.41) is 0. The van der Waals surface area contributed by atoms with E-state index >= 15 is 0 Å². The molecule has 9 heavy (non-hydrogen) atoms. The molecule has 4 N–H and O–H groups in total. The van der Waals surface area contributed by atoms with Crippen molar-refractivity contribution in [3.05, 3.63) is 0 Å². The van der Waals surface area contributed by atoms with Crippen molar-refractivity contribution in [3.63, 3.8) is 0 Å². The third-order valence-electron chi connectivity index (χ3n) is 0.864. The molecule has 2 nitrogen and oxygen atoms in total. The Labute approximate surface area is 69.2 Å². The van der Waals surface area contributed by atoms with E-state index in [2.05, 4.69) is 0 Å². The molecule has 0 radical (unpaired) electrons. The van der Waals surface area contributed by atoms with E-state index in [1.807, 2.05) is 6.92 Å². The highest BCUT2D eigenvalue weighted by atomic mass is 35.5. The van der Waals surface area contributed by atoms with Crippen LogP contribution in [0.3, 0.4) is 0 Å². The lowest BCUT2D eigenvalue weighted by Gasteiger charge is -1.99. The van der Waals surface area contributed by atoms with E-state index in [-0.39, 0.29) is 24.8 Å². The Hall–Kier alpha value is 0.500. The quantitative estimate of drug-likeness (QED) is 0.669. The van der Waals surface area contributed by atoms with E-state index in [1.165, 1.54) is 0 Å². The fourth-order valence-corrected chi connectivity index (χ4v) is 0.440. The minimum Gasteiger partial charge on any atom is -0.330 e. The van der Waals surface area contributed by atoms with Gasteiger partial charge in [-0.05, 0) is 26.3 Å². The van der Waals surface area contributed by atoms with Gasteiger partial charge in [0.15, 0.2) is 0 Å². The smallest absolute Gasteiger partial charge is 0.00109 e. The first-order chi connectivity index (χ1) is 3.27. The van der Waals surface area contributed by atoms with Crippen LogP contribution in [0.5, 0.6) is 0 Å². The van der Waals surface area contributed by atoms with Gasteiger partial charge in [-0.3, -0.25) is 0 Å². The zero-order chi connectivity index (χ0) is 5.70. The predicted molar refractivity (Wildman–Crippen MR) is 46.4 cm³/mol. The highest BCUT2D eigenvalue weighted by Crippen LogP contribution is 1.88. The fraction of sp³-hybridized carbons (Fsp3) is 1.00. The molecule has 0 saturated carbocycles. The second kappa shape index (κ2) is 11.3. The van der Waals surface area contributed by atoms with Gasteiger partial charge in [0.2, 0.25) is 0 Å². The Morgan fingerprint density at radius 1 is 1.33 bits per heavy atom. The van der Waals surface area contributed by atoms with E-state index in [0.717, 1.165) is 19.4 Å². The molecule has 0 amide bonds. The van der Waals surface area contributed by atoms with Crippen LogP contribution >= 0.6 is 24.8 Å². The Bertz CT molecular complexity index is 41.9. The van der Waals surface area contributed by atoms with Crippen LogP contribution in [0.15, 0.2) is 0 Å². The molecule has 0 aliphatic heterocycles. The van der Waals surface area contributed by atoms with Gasteiger partial charge < -0.3 is 11.5 Å². The van der Waals surface area contributed by atoms with Crippen molar-refractivity contribution in [1.29, 1.82) is 0 Å². The van der Waals surface area contributed by atoms with Crippen LogP contribution in [-0.2, 0) is 0 Å². The van der Waals surface area contributed by atoms with Crippen LogP contribution in [0.1, 0.15) is 19.8 Å². The first kappa shape index (κ1) is 16.2. The molecule has 60 valence electrons. The molecule has 0 aliphatic rings. The summed E-state index contributed by atoms with van der Waals surface area (Å²) in [5.41, 5.74) is 10.6. The maximum absolute atomic E-state index is 5.42. The molecular formula is C5H16Cl2N2. The fourth-order valence-electron chi connectivity index (χ4n) is 0.440. The monoisotopic (exact) mass is 174 g/mol. The third kappa shape index (κ3) is 17.7. The molecule has 0 heterocycles. The Morgan fingerprint density at radius 3 is 1.89 bits per heavy atom. The Balaban J connectivity index is -0.000000180. The van der Waals surface area contributed by atoms with Crippen LogP contribution in [-0.4, -0.2) is 12.6 Å². The maximum Gasteiger partial charge on any atom is 0.00109 e. The van der Waals surface area contributed by atoms with Gasteiger partial charge in [0, 0.05) is 6.04 Å². The molecule has 0 aromatic rings. The molecule has 0 saturated heterocycles. The zero-order valence-electron chi connectivity index (χ0n) is 5.67. The van der Waals surface area contributed by atoms with Gasteiger partial charge in [0.05, 0.1) is 0 Å². The molecule has 0 spiro atoms. The Kier molecular flexibility index (Phi) is 20.4. The minimum atomic E-state index is 0. The minimum absolute atomic E-state index is 0. The molecule has 1 unspecified atom stereocenters. The second-order valence-electron chi connectivity index (χ2n) is 1.91. The Morgan fingerprint density at radius 2 is 1.78 bits per heavy atom. The number of halogens is 2. The van der Waals surface area contributed by atoms with E-state index in [0.29, 0.717) is 6.04 Å². The molecule has 4 heteroatoms. The van der Waals surface area contributed by atoms with Crippen molar-refractivity contribution in [2.75, 3.05) is 6.54 Å². The highest BCUT2D eigenvalue weighted by molar-refractivity contribution is 5.85. The summed E-state index contributed by atoms with van der Waals surface area (Å²) in [7, 11) is 0. The van der Waals surface area contributed by atoms with Crippen molar-refractivity contribution in [1.82, 2.24) is 0 Å². The lowest BCUT2D eigenvalue weighted by atomic mass is 10.2. The summed E-state index contributed by atoms with van der Waals surface area (Å²) in [6, 6.07) is 0.323. The van der Waals surface area contributed by atoms with E-state index in [1.54, 1.807) is 0 Å². The summed E-state index contributed by atoms with van der Waals surface area (Å²) in [5.74, 6) is 0. The van der Waals surface area contributed by atoms with Crippen LogP contribution in [0.2, 0.25) is 0 Å². The normalized spacial score (nSPS) is 11.0. The molecular weight excluding hydrogens is 159 g/mol. The van der Waals surface area contributed by atoms with Gasteiger partial charge in [-0.15, -0.1) is 24.8 Å². The zero-order valence-corrected chi connectivity index (χ0v) is 7.30. The van der Waals surface area contributed by atoms with Crippen molar-refractivity contribution in [3.8, 4) is 0 Å². The van der Waals surface area contributed by atoms with Gasteiger partial charge in [0.1, 0.15) is 0 Å². The highest BCUT2D eigenvalue weighted by Gasteiger charge is 1.88. The number of hydrogen-bond donors (Lipinski definition) is 2. The largest absolute Gasteiger partial charge is 0.330 e. The van der Waals surface area contributed by atoms with E-state index in [4.69, 9.17) is 11.5 Å². The van der Waals surface area contributed by atoms with E-state index in [9.17, 15) is 0 Å². The number of nitrogens with two attached hydrogens (primary N) is 2. The molecule has 0 aromatic carbocycles. The average molecular weight is 175 g/mol. The number of rotatable bonds is 3. The summed E-state index contributed by atoms with van der Waals surface area (Å²) >= 11 is 0. The van der Waals surface area contributed by atoms with Gasteiger partial charge in [-0.1, -0.05) is 0 Å². The summed E-state index contributed by atoms with van der Waals surface area (Å²) < 4.78 is 0. The third-order valence-corrected chi connectivity index (χ3v) is 0.864. The van der Waals surface area contributed by atoms with Crippen LogP contribution in [0, 0.1) is 0 Å². The predicted octanol–water partition coefficient (Wildman–Crippen LogP) is 0.916. The van der Waals surface area contributed by atoms with Gasteiger partial charge in [-0.2, -0.15) is 0 Å². The molecule has 1 atom stereocenters. The molecule has 0 bridgehead atoms.